The first-order valence-electron chi connectivity index (χ1n) is 16.4. The maximum Gasteiger partial charge on any atom is 0.332 e. The fourth-order valence-corrected chi connectivity index (χ4v) is 6.36. The summed E-state index contributed by atoms with van der Waals surface area (Å²) >= 11 is 12.7. The number of halogens is 4. The standard InChI is InChI=1S/C40H36Cl2F2N4O4/c1-45(2)37(19-25-23-47(31-11-7-29(43)8-12-31)35-15-5-27(41)21-33(25)35)51-39(49)17-18-40(50)52-38(46(3)4)20-26-24-48(32-13-9-30(44)10-14-32)36-16-6-28(42)22-34(26)36/h5-18,21-24,37-38H,19-20H2,1-4H3/b18-17-. The highest BCUT2D eigenvalue weighted by molar-refractivity contribution is 6.31. The zero-order valence-corrected chi connectivity index (χ0v) is 30.4. The number of benzene rings is 4. The van der Waals surface area contributed by atoms with Gasteiger partial charge in [0.2, 0.25) is 0 Å². The second-order valence-corrected chi connectivity index (χ2v) is 13.6. The lowest BCUT2D eigenvalue weighted by Gasteiger charge is -2.24. The molecule has 0 radical (unpaired) electrons. The van der Waals surface area contributed by atoms with E-state index in [1.165, 1.54) is 24.3 Å². The summed E-state index contributed by atoms with van der Waals surface area (Å²) in [5, 5.41) is 2.81. The van der Waals surface area contributed by atoms with Gasteiger partial charge in [0, 0.05) is 69.6 Å². The maximum atomic E-state index is 13.7. The highest BCUT2D eigenvalue weighted by atomic mass is 35.5. The Morgan fingerprint density at radius 2 is 1.00 bits per heavy atom. The first-order valence-corrected chi connectivity index (χ1v) is 17.1. The van der Waals surface area contributed by atoms with Crippen LogP contribution in [0, 0.1) is 11.6 Å². The Balaban J connectivity index is 1.15. The SMILES string of the molecule is CN(C)C(Cc1cn(-c2ccc(F)cc2)c2ccc(Cl)cc12)OC(=O)/C=C\C(=O)OC(Cc1cn(-c2ccc(F)cc2)c2ccc(Cl)cc12)N(C)C. The molecule has 2 unspecified atom stereocenters. The summed E-state index contributed by atoms with van der Waals surface area (Å²) in [6, 6.07) is 23.3. The minimum Gasteiger partial charge on any atom is -0.443 e. The van der Waals surface area contributed by atoms with Crippen LogP contribution in [0.4, 0.5) is 8.78 Å². The fraction of sp³-hybridized carbons (Fsp3) is 0.200. The van der Waals surface area contributed by atoms with Crippen LogP contribution >= 0.6 is 23.2 Å². The molecule has 6 aromatic rings. The Bertz CT molecular complexity index is 2100. The number of nitrogens with zero attached hydrogens (tertiary/aromatic N) is 4. The molecule has 0 bridgehead atoms. The summed E-state index contributed by atoms with van der Waals surface area (Å²) in [6.07, 6.45) is 5.14. The smallest absolute Gasteiger partial charge is 0.332 e. The second-order valence-electron chi connectivity index (χ2n) is 12.8. The normalized spacial score (nSPS) is 13.0. The van der Waals surface area contributed by atoms with Gasteiger partial charge in [-0.25, -0.2) is 18.4 Å². The third-order valence-electron chi connectivity index (χ3n) is 8.71. The first-order chi connectivity index (χ1) is 24.9. The van der Waals surface area contributed by atoms with Crippen LogP contribution < -0.4 is 0 Å². The third-order valence-corrected chi connectivity index (χ3v) is 9.18. The molecule has 12 heteroatoms. The minimum absolute atomic E-state index is 0.306. The van der Waals surface area contributed by atoms with Crippen LogP contribution in [0.3, 0.4) is 0 Å². The van der Waals surface area contributed by atoms with Crippen LogP contribution in [0.5, 0.6) is 0 Å². The zero-order chi connectivity index (χ0) is 37.1. The van der Waals surface area contributed by atoms with Crippen LogP contribution in [-0.4, -0.2) is 71.5 Å². The quantitative estimate of drug-likeness (QED) is 0.0713. The summed E-state index contributed by atoms with van der Waals surface area (Å²) in [7, 11) is 7.13. The van der Waals surface area contributed by atoms with Crippen LogP contribution in [0.1, 0.15) is 11.1 Å². The Morgan fingerprint density at radius 3 is 1.35 bits per heavy atom. The number of ether oxygens (including phenoxy) is 2. The van der Waals surface area contributed by atoms with E-state index in [2.05, 4.69) is 0 Å². The van der Waals surface area contributed by atoms with Crippen LogP contribution in [0.25, 0.3) is 33.2 Å². The van der Waals surface area contributed by atoms with E-state index in [0.717, 1.165) is 56.5 Å². The van der Waals surface area contributed by atoms with E-state index in [1.807, 2.05) is 45.8 Å². The Hall–Kier alpha value is -5.00. The fourth-order valence-electron chi connectivity index (χ4n) is 6.02. The van der Waals surface area contributed by atoms with Gasteiger partial charge in [-0.3, -0.25) is 9.80 Å². The molecule has 0 saturated heterocycles. The molecule has 8 nitrogen and oxygen atoms in total. The molecule has 2 aromatic heterocycles. The summed E-state index contributed by atoms with van der Waals surface area (Å²) in [4.78, 5) is 29.6. The van der Waals surface area contributed by atoms with Gasteiger partial charge in [0.25, 0.3) is 0 Å². The van der Waals surface area contributed by atoms with Crippen LogP contribution in [0.15, 0.2) is 109 Å². The van der Waals surface area contributed by atoms with E-state index in [9.17, 15) is 18.4 Å². The number of aromatic nitrogens is 2. The molecular formula is C40H36Cl2F2N4O4. The number of carbonyl (C=O) groups excluding carboxylic acids is 2. The number of hydrogen-bond acceptors (Lipinski definition) is 6. The molecule has 0 aliphatic rings. The topological polar surface area (TPSA) is 68.9 Å². The van der Waals surface area contributed by atoms with Gasteiger partial charge >= 0.3 is 11.9 Å². The van der Waals surface area contributed by atoms with Gasteiger partial charge in [0.05, 0.1) is 11.0 Å². The number of esters is 2. The maximum absolute atomic E-state index is 13.7. The molecule has 52 heavy (non-hydrogen) atoms. The van der Waals surface area contributed by atoms with E-state index >= 15 is 0 Å². The molecule has 2 atom stereocenters. The summed E-state index contributed by atoms with van der Waals surface area (Å²) < 4.78 is 42.7. The van der Waals surface area contributed by atoms with Crippen molar-refractivity contribution in [3.8, 4) is 11.4 Å². The number of carbonyl (C=O) groups is 2. The lowest BCUT2D eigenvalue weighted by Crippen LogP contribution is -2.35. The van der Waals surface area contributed by atoms with Crippen molar-refractivity contribution in [2.45, 2.75) is 25.3 Å². The number of rotatable bonds is 12. The third kappa shape index (κ3) is 8.37. The summed E-state index contributed by atoms with van der Waals surface area (Å²) in [5.74, 6) is -2.13. The monoisotopic (exact) mass is 744 g/mol. The Labute approximate surface area is 310 Å². The van der Waals surface area contributed by atoms with Gasteiger partial charge in [-0.2, -0.15) is 0 Å². The molecule has 2 heterocycles. The van der Waals surface area contributed by atoms with Crippen molar-refractivity contribution in [2.75, 3.05) is 28.2 Å². The summed E-state index contributed by atoms with van der Waals surface area (Å²) in [6.45, 7) is 0. The summed E-state index contributed by atoms with van der Waals surface area (Å²) in [5.41, 5.74) is 4.95. The average Bonchev–Trinajstić information content (AvgIpc) is 3.64. The largest absolute Gasteiger partial charge is 0.443 e. The van der Waals surface area contributed by atoms with E-state index < -0.39 is 24.4 Å². The molecule has 0 spiro atoms. The molecule has 4 aromatic carbocycles. The van der Waals surface area contributed by atoms with Crippen molar-refractivity contribution in [3.63, 3.8) is 0 Å². The van der Waals surface area contributed by atoms with Crippen LogP contribution in [-0.2, 0) is 31.9 Å². The molecule has 268 valence electrons. The van der Waals surface area contributed by atoms with Crippen LogP contribution in [0.2, 0.25) is 10.0 Å². The molecule has 0 saturated carbocycles. The predicted molar refractivity (Wildman–Crippen MR) is 200 cm³/mol. The molecule has 0 amide bonds. The van der Waals surface area contributed by atoms with Gasteiger partial charge in [-0.1, -0.05) is 23.2 Å². The van der Waals surface area contributed by atoms with E-state index in [-0.39, 0.29) is 11.6 Å². The highest BCUT2D eigenvalue weighted by Gasteiger charge is 2.23. The van der Waals surface area contributed by atoms with Gasteiger partial charge < -0.3 is 18.6 Å². The van der Waals surface area contributed by atoms with E-state index in [4.69, 9.17) is 32.7 Å². The second kappa shape index (κ2) is 15.7. The van der Waals surface area contributed by atoms with Crippen molar-refractivity contribution in [1.82, 2.24) is 18.9 Å². The molecule has 0 fully saturated rings. The molecular weight excluding hydrogens is 709 g/mol. The van der Waals surface area contributed by atoms with Crippen molar-refractivity contribution in [1.29, 1.82) is 0 Å². The van der Waals surface area contributed by atoms with Crippen molar-refractivity contribution < 1.29 is 27.8 Å². The van der Waals surface area contributed by atoms with E-state index in [1.54, 1.807) is 74.4 Å². The minimum atomic E-state index is -0.727. The van der Waals surface area contributed by atoms with Gasteiger partial charge in [-0.15, -0.1) is 0 Å². The average molecular weight is 746 g/mol. The van der Waals surface area contributed by atoms with Crippen molar-refractivity contribution >= 4 is 56.9 Å². The molecule has 0 aliphatic carbocycles. The lowest BCUT2D eigenvalue weighted by atomic mass is 10.1. The molecule has 0 aliphatic heterocycles. The van der Waals surface area contributed by atoms with Gasteiger partial charge in [0.15, 0.2) is 12.5 Å². The predicted octanol–water partition coefficient (Wildman–Crippen LogP) is 8.36. The number of likely N-dealkylation sites (N-methyl/N-ethyl adjacent to an activating group) is 2. The van der Waals surface area contributed by atoms with Crippen molar-refractivity contribution in [3.05, 3.63) is 142 Å². The molecule has 0 N–H and O–H groups in total. The number of fused-ring (bicyclic) bond motifs is 2. The zero-order valence-electron chi connectivity index (χ0n) is 28.9. The van der Waals surface area contributed by atoms with Gasteiger partial charge in [0.1, 0.15) is 11.6 Å². The van der Waals surface area contributed by atoms with E-state index in [0.29, 0.717) is 22.9 Å². The lowest BCUT2D eigenvalue weighted by molar-refractivity contribution is -0.153. The van der Waals surface area contributed by atoms with Crippen molar-refractivity contribution in [2.24, 2.45) is 0 Å². The Morgan fingerprint density at radius 1 is 0.635 bits per heavy atom. The number of hydrogen-bond donors (Lipinski definition) is 0. The molecule has 6 rings (SSSR count). The Kier molecular flexibility index (Phi) is 11.1. The van der Waals surface area contributed by atoms with Gasteiger partial charge in [-0.05, 0) is 124 Å². The highest BCUT2D eigenvalue weighted by Crippen LogP contribution is 2.31. The first kappa shape index (κ1) is 36.8.